The van der Waals surface area contributed by atoms with Crippen LogP contribution in [0.2, 0.25) is 0 Å². The fourth-order valence-electron chi connectivity index (χ4n) is 2.09. The van der Waals surface area contributed by atoms with Crippen molar-refractivity contribution in [3.8, 4) is 23.0 Å². The van der Waals surface area contributed by atoms with E-state index in [1.165, 1.54) is 0 Å². The second kappa shape index (κ2) is 8.59. The first kappa shape index (κ1) is 17.4. The minimum atomic E-state index is -0.378. The molecular formula is C15H25NO5. The predicted molar refractivity (Wildman–Crippen MR) is 80.6 cm³/mol. The van der Waals surface area contributed by atoms with Crippen molar-refractivity contribution in [3.63, 3.8) is 0 Å². The van der Waals surface area contributed by atoms with Crippen molar-refractivity contribution >= 4 is 0 Å². The lowest BCUT2D eigenvalue weighted by molar-refractivity contribution is 0.258. The molecule has 6 heteroatoms. The van der Waals surface area contributed by atoms with E-state index in [0.29, 0.717) is 42.6 Å². The summed E-state index contributed by atoms with van der Waals surface area (Å²) in [6, 6.07) is 1.45. The summed E-state index contributed by atoms with van der Waals surface area (Å²) >= 11 is 0. The summed E-state index contributed by atoms with van der Waals surface area (Å²) in [5.74, 6) is 2.11. The minimum Gasteiger partial charge on any atom is -0.490 e. The Kier molecular flexibility index (Phi) is 7.11. The van der Waals surface area contributed by atoms with Crippen LogP contribution >= 0.6 is 0 Å². The highest BCUT2D eigenvalue weighted by molar-refractivity contribution is 5.63. The molecule has 0 aromatic heterocycles. The van der Waals surface area contributed by atoms with Crippen LogP contribution in [0.15, 0.2) is 6.07 Å². The van der Waals surface area contributed by atoms with Gasteiger partial charge in [0.25, 0.3) is 0 Å². The summed E-state index contributed by atoms with van der Waals surface area (Å²) in [7, 11) is 3.10. The van der Waals surface area contributed by atoms with Crippen LogP contribution in [0.1, 0.15) is 19.4 Å². The average Bonchev–Trinajstić information content (AvgIpc) is 2.49. The van der Waals surface area contributed by atoms with E-state index in [2.05, 4.69) is 0 Å². The van der Waals surface area contributed by atoms with E-state index < -0.39 is 0 Å². The zero-order chi connectivity index (χ0) is 15.8. The van der Waals surface area contributed by atoms with Gasteiger partial charge in [-0.1, -0.05) is 0 Å². The second-order valence-corrected chi connectivity index (χ2v) is 4.44. The van der Waals surface area contributed by atoms with E-state index in [-0.39, 0.29) is 12.6 Å². The van der Waals surface area contributed by atoms with Crippen molar-refractivity contribution in [3.05, 3.63) is 11.6 Å². The number of nitrogens with two attached hydrogens (primary N) is 1. The maximum absolute atomic E-state index is 9.16. The zero-order valence-electron chi connectivity index (χ0n) is 13.1. The second-order valence-electron chi connectivity index (χ2n) is 4.44. The van der Waals surface area contributed by atoms with Crippen LogP contribution in [-0.2, 0) is 6.42 Å². The molecule has 0 aliphatic rings. The molecule has 1 atom stereocenters. The SMILES string of the molecule is CCOc1cc(C[C@@H](N)CO)c(OCC)c(OC)c1OC. The molecule has 0 radical (unpaired) electrons. The predicted octanol–water partition coefficient (Wildman–Crippen LogP) is 1.36. The topological polar surface area (TPSA) is 83.2 Å². The van der Waals surface area contributed by atoms with Gasteiger partial charge in [-0.2, -0.15) is 0 Å². The van der Waals surface area contributed by atoms with Gasteiger partial charge in [-0.05, 0) is 26.3 Å². The monoisotopic (exact) mass is 299 g/mol. The molecule has 21 heavy (non-hydrogen) atoms. The number of hydrogen-bond donors (Lipinski definition) is 2. The Bertz CT molecular complexity index is 450. The van der Waals surface area contributed by atoms with Crippen LogP contribution in [0.4, 0.5) is 0 Å². The third kappa shape index (κ3) is 4.15. The van der Waals surface area contributed by atoms with Gasteiger partial charge in [0.15, 0.2) is 11.5 Å². The van der Waals surface area contributed by atoms with E-state index >= 15 is 0 Å². The number of ether oxygens (including phenoxy) is 4. The van der Waals surface area contributed by atoms with E-state index in [9.17, 15) is 0 Å². The number of aliphatic hydroxyl groups excluding tert-OH is 1. The first-order valence-corrected chi connectivity index (χ1v) is 7.02. The van der Waals surface area contributed by atoms with Crippen LogP contribution in [-0.4, -0.2) is 45.2 Å². The normalized spacial score (nSPS) is 11.9. The third-order valence-corrected chi connectivity index (χ3v) is 2.95. The van der Waals surface area contributed by atoms with E-state index in [0.717, 1.165) is 5.56 Å². The number of rotatable bonds is 9. The highest BCUT2D eigenvalue weighted by atomic mass is 16.5. The van der Waals surface area contributed by atoms with Crippen molar-refractivity contribution in [2.45, 2.75) is 26.3 Å². The van der Waals surface area contributed by atoms with Crippen molar-refractivity contribution < 1.29 is 24.1 Å². The molecule has 1 aromatic carbocycles. The van der Waals surface area contributed by atoms with Crippen molar-refractivity contribution in [2.75, 3.05) is 34.0 Å². The van der Waals surface area contributed by atoms with Gasteiger partial charge in [0.2, 0.25) is 11.5 Å². The van der Waals surface area contributed by atoms with Gasteiger partial charge >= 0.3 is 0 Å². The van der Waals surface area contributed by atoms with Crippen LogP contribution in [0.3, 0.4) is 0 Å². The molecule has 0 saturated heterocycles. The molecule has 120 valence electrons. The molecule has 0 amide bonds. The highest BCUT2D eigenvalue weighted by Gasteiger charge is 2.23. The van der Waals surface area contributed by atoms with Crippen LogP contribution in [0, 0.1) is 0 Å². The van der Waals surface area contributed by atoms with Gasteiger partial charge in [0.05, 0.1) is 34.0 Å². The molecule has 0 heterocycles. The molecule has 0 bridgehead atoms. The number of aliphatic hydroxyl groups is 1. The molecule has 3 N–H and O–H groups in total. The smallest absolute Gasteiger partial charge is 0.207 e. The Morgan fingerprint density at radius 3 is 2.14 bits per heavy atom. The Balaban J connectivity index is 3.40. The van der Waals surface area contributed by atoms with E-state index in [1.807, 2.05) is 19.9 Å². The summed E-state index contributed by atoms with van der Waals surface area (Å²) in [6.07, 6.45) is 0.451. The van der Waals surface area contributed by atoms with Gasteiger partial charge < -0.3 is 29.8 Å². The molecule has 1 rings (SSSR count). The third-order valence-electron chi connectivity index (χ3n) is 2.95. The first-order chi connectivity index (χ1) is 10.1. The fraction of sp³-hybridized carbons (Fsp3) is 0.600. The van der Waals surface area contributed by atoms with Gasteiger partial charge in [0.1, 0.15) is 0 Å². The number of hydrogen-bond acceptors (Lipinski definition) is 6. The molecule has 6 nitrogen and oxygen atoms in total. The maximum Gasteiger partial charge on any atom is 0.207 e. The van der Waals surface area contributed by atoms with Crippen molar-refractivity contribution in [2.24, 2.45) is 5.73 Å². The van der Waals surface area contributed by atoms with Gasteiger partial charge in [-0.3, -0.25) is 0 Å². The Morgan fingerprint density at radius 1 is 1.05 bits per heavy atom. The van der Waals surface area contributed by atoms with Gasteiger partial charge in [0, 0.05) is 11.6 Å². The maximum atomic E-state index is 9.16. The number of benzene rings is 1. The Labute approximate surface area is 125 Å². The summed E-state index contributed by atoms with van der Waals surface area (Å²) in [5, 5.41) is 9.16. The molecule has 0 aliphatic heterocycles. The summed E-state index contributed by atoms with van der Waals surface area (Å²) in [4.78, 5) is 0. The quantitative estimate of drug-likeness (QED) is 0.716. The Morgan fingerprint density at radius 2 is 1.67 bits per heavy atom. The van der Waals surface area contributed by atoms with E-state index in [1.54, 1.807) is 14.2 Å². The lowest BCUT2D eigenvalue weighted by Crippen LogP contribution is -2.27. The molecule has 0 saturated carbocycles. The Hall–Kier alpha value is -1.66. The highest BCUT2D eigenvalue weighted by Crippen LogP contribution is 2.47. The average molecular weight is 299 g/mol. The minimum absolute atomic E-state index is 0.107. The zero-order valence-corrected chi connectivity index (χ0v) is 13.1. The van der Waals surface area contributed by atoms with Crippen molar-refractivity contribution in [1.29, 1.82) is 0 Å². The van der Waals surface area contributed by atoms with Gasteiger partial charge in [-0.25, -0.2) is 0 Å². The molecule has 0 spiro atoms. The molecule has 0 fully saturated rings. The van der Waals surface area contributed by atoms with E-state index in [4.69, 9.17) is 29.8 Å². The lowest BCUT2D eigenvalue weighted by atomic mass is 10.0. The summed E-state index contributed by atoms with van der Waals surface area (Å²) in [5.41, 5.74) is 6.66. The number of methoxy groups -OCH3 is 2. The van der Waals surface area contributed by atoms with Crippen LogP contribution in [0.25, 0.3) is 0 Å². The van der Waals surface area contributed by atoms with Crippen LogP contribution < -0.4 is 24.7 Å². The first-order valence-electron chi connectivity index (χ1n) is 7.02. The lowest BCUT2D eigenvalue weighted by Gasteiger charge is -2.21. The summed E-state index contributed by atoms with van der Waals surface area (Å²) < 4.78 is 22.1. The van der Waals surface area contributed by atoms with Crippen LogP contribution in [0.5, 0.6) is 23.0 Å². The molecular weight excluding hydrogens is 274 g/mol. The largest absolute Gasteiger partial charge is 0.490 e. The molecule has 1 aromatic rings. The fourth-order valence-corrected chi connectivity index (χ4v) is 2.09. The van der Waals surface area contributed by atoms with Crippen molar-refractivity contribution in [1.82, 2.24) is 0 Å². The molecule has 0 unspecified atom stereocenters. The summed E-state index contributed by atoms with van der Waals surface area (Å²) in [6.45, 7) is 4.65. The molecule has 0 aliphatic carbocycles. The van der Waals surface area contributed by atoms with Gasteiger partial charge in [-0.15, -0.1) is 0 Å². The standard InChI is InChI=1S/C15H25NO5/c1-5-20-12-8-10(7-11(16)9-17)13(21-6-2)15(19-4)14(12)18-3/h8,11,17H,5-7,9,16H2,1-4H3/t11-/m1/s1.